The van der Waals surface area contributed by atoms with Gasteiger partial charge in [-0.25, -0.2) is 9.37 Å². The lowest BCUT2D eigenvalue weighted by Gasteiger charge is -2.09. The number of nitrogens with zero attached hydrogens (tertiary/aromatic N) is 1. The zero-order chi connectivity index (χ0) is 23.1. The molecule has 0 aliphatic rings. The van der Waals surface area contributed by atoms with E-state index < -0.39 is 6.67 Å². The molecule has 0 atom stereocenters. The summed E-state index contributed by atoms with van der Waals surface area (Å²) in [5.74, 6) is 0.775. The Morgan fingerprint density at radius 3 is 1.91 bits per heavy atom. The summed E-state index contributed by atoms with van der Waals surface area (Å²) in [5, 5.41) is 1.01. The number of halogens is 1. The summed E-state index contributed by atoms with van der Waals surface area (Å²) in [4.78, 5) is 4.73. The van der Waals surface area contributed by atoms with Crippen LogP contribution in [0.25, 0.3) is 22.2 Å². The molecule has 0 spiro atoms. The van der Waals surface area contributed by atoms with Crippen LogP contribution in [0.2, 0.25) is 0 Å². The molecule has 0 unspecified atom stereocenters. The summed E-state index contributed by atoms with van der Waals surface area (Å²) < 4.78 is 38.8. The number of hydrogen-bond donors (Lipinski definition) is 1. The zero-order valence-corrected chi connectivity index (χ0v) is 18.7. The molecule has 0 radical (unpaired) electrons. The van der Waals surface area contributed by atoms with Crippen LogP contribution in [0.4, 0.5) is 10.1 Å². The highest BCUT2D eigenvalue weighted by molar-refractivity contribution is 5.83. The van der Waals surface area contributed by atoms with E-state index in [0.29, 0.717) is 52.9 Å². The Kier molecular flexibility index (Phi) is 10.8. The number of fused-ring (bicyclic) bond motifs is 1. The minimum absolute atomic E-state index is 0.116. The molecule has 3 rings (SSSR count). The van der Waals surface area contributed by atoms with E-state index in [1.807, 2.05) is 54.6 Å². The number of aromatic nitrogens is 1. The standard InChI is InChI=1S/C25H31FN2O5/c26-9-10-29-11-12-30-13-14-31-15-16-32-17-18-33-23-6-8-25-21(19-23)3-7-24(28-25)20-1-4-22(27)5-2-20/h1-8,19H,9-18,27H2/i26-1. The SMILES string of the molecule is Nc1ccc(-c2ccc3cc(OCCOCCOCCOCCOCC[18F])ccc3n2)cc1. The summed E-state index contributed by atoms with van der Waals surface area (Å²) in [5.41, 5.74) is 9.33. The van der Waals surface area contributed by atoms with Gasteiger partial charge in [0.05, 0.1) is 64.1 Å². The molecular formula is C25H31FN2O5. The molecule has 2 N–H and O–H groups in total. The van der Waals surface area contributed by atoms with Gasteiger partial charge in [0, 0.05) is 16.6 Å². The minimum atomic E-state index is -0.472. The number of benzene rings is 2. The molecule has 2 aromatic carbocycles. The van der Waals surface area contributed by atoms with Gasteiger partial charge >= 0.3 is 0 Å². The lowest BCUT2D eigenvalue weighted by molar-refractivity contribution is -0.00557. The highest BCUT2D eigenvalue weighted by Gasteiger charge is 2.04. The molecule has 0 aliphatic heterocycles. The predicted molar refractivity (Wildman–Crippen MR) is 126 cm³/mol. The lowest BCUT2D eigenvalue weighted by Crippen LogP contribution is -2.14. The van der Waals surface area contributed by atoms with E-state index in [2.05, 4.69) is 0 Å². The highest BCUT2D eigenvalue weighted by atomic mass is 18.2. The third-order valence-corrected chi connectivity index (χ3v) is 4.70. The van der Waals surface area contributed by atoms with Crippen LogP contribution < -0.4 is 10.5 Å². The molecule has 0 aliphatic carbocycles. The number of rotatable bonds is 16. The zero-order valence-electron chi connectivity index (χ0n) is 18.7. The summed E-state index contributed by atoms with van der Waals surface area (Å²) >= 11 is 0. The Balaban J connectivity index is 1.28. The number of anilines is 1. The minimum Gasteiger partial charge on any atom is -0.491 e. The van der Waals surface area contributed by atoms with Gasteiger partial charge in [-0.1, -0.05) is 18.2 Å². The van der Waals surface area contributed by atoms with Crippen LogP contribution in [0.1, 0.15) is 0 Å². The summed E-state index contributed by atoms with van der Waals surface area (Å²) in [6.07, 6.45) is 0. The van der Waals surface area contributed by atoms with E-state index in [0.717, 1.165) is 33.6 Å². The molecular weight excluding hydrogens is 426 g/mol. The van der Waals surface area contributed by atoms with E-state index in [9.17, 15) is 4.39 Å². The fourth-order valence-corrected chi connectivity index (χ4v) is 3.04. The third-order valence-electron chi connectivity index (χ3n) is 4.70. The normalized spacial score (nSPS) is 11.2. The molecule has 178 valence electrons. The van der Waals surface area contributed by atoms with Crippen molar-refractivity contribution in [2.75, 3.05) is 71.9 Å². The second-order valence-corrected chi connectivity index (χ2v) is 7.16. The van der Waals surface area contributed by atoms with Crippen LogP contribution in [-0.4, -0.2) is 71.1 Å². The molecule has 0 saturated carbocycles. The van der Waals surface area contributed by atoms with Crippen LogP contribution in [-0.2, 0) is 18.9 Å². The molecule has 0 amide bonds. The van der Waals surface area contributed by atoms with Crippen LogP contribution in [0.15, 0.2) is 54.6 Å². The molecule has 0 saturated heterocycles. The maximum absolute atomic E-state index is 11.8. The summed E-state index contributed by atoms with van der Waals surface area (Å²) in [6.45, 7) is 3.32. The van der Waals surface area contributed by atoms with E-state index in [1.165, 1.54) is 0 Å². The number of alkyl halides is 1. The van der Waals surface area contributed by atoms with E-state index in [-0.39, 0.29) is 6.61 Å². The van der Waals surface area contributed by atoms with Crippen molar-refractivity contribution in [3.8, 4) is 17.0 Å². The van der Waals surface area contributed by atoms with Crippen molar-refractivity contribution in [2.45, 2.75) is 0 Å². The van der Waals surface area contributed by atoms with Crippen molar-refractivity contribution in [2.24, 2.45) is 0 Å². The maximum atomic E-state index is 11.8. The fraction of sp³-hybridized carbons (Fsp3) is 0.400. The average molecular weight is 458 g/mol. The van der Waals surface area contributed by atoms with Gasteiger partial charge in [-0.2, -0.15) is 0 Å². The monoisotopic (exact) mass is 457 g/mol. The number of nitrogens with two attached hydrogens (primary N) is 1. The van der Waals surface area contributed by atoms with E-state index >= 15 is 0 Å². The lowest BCUT2D eigenvalue weighted by atomic mass is 10.1. The Morgan fingerprint density at radius 1 is 0.667 bits per heavy atom. The molecule has 7 nitrogen and oxygen atoms in total. The molecule has 3 aromatic rings. The third kappa shape index (κ3) is 8.94. The highest BCUT2D eigenvalue weighted by Crippen LogP contribution is 2.24. The van der Waals surface area contributed by atoms with Crippen molar-refractivity contribution in [1.29, 1.82) is 0 Å². The second-order valence-electron chi connectivity index (χ2n) is 7.16. The Morgan fingerprint density at radius 2 is 1.27 bits per heavy atom. The van der Waals surface area contributed by atoms with Crippen molar-refractivity contribution in [3.63, 3.8) is 0 Å². The van der Waals surface area contributed by atoms with E-state index in [4.69, 9.17) is 34.4 Å². The van der Waals surface area contributed by atoms with Gasteiger partial charge in [-0.05, 0) is 36.4 Å². The number of hydrogen-bond acceptors (Lipinski definition) is 7. The first-order valence-corrected chi connectivity index (χ1v) is 11.0. The molecule has 0 bridgehead atoms. The van der Waals surface area contributed by atoms with Gasteiger partial charge in [-0.3, -0.25) is 0 Å². The topological polar surface area (TPSA) is 85.1 Å². The Labute approximate surface area is 193 Å². The van der Waals surface area contributed by atoms with Crippen LogP contribution in [0.5, 0.6) is 5.75 Å². The molecule has 1 aromatic heterocycles. The van der Waals surface area contributed by atoms with Gasteiger partial charge in [0.2, 0.25) is 0 Å². The van der Waals surface area contributed by atoms with Gasteiger partial charge in [0.15, 0.2) is 0 Å². The van der Waals surface area contributed by atoms with Crippen molar-refractivity contribution >= 4 is 16.6 Å². The first kappa shape index (κ1) is 24.9. The van der Waals surface area contributed by atoms with Gasteiger partial charge in [0.1, 0.15) is 19.0 Å². The summed E-state index contributed by atoms with van der Waals surface area (Å²) in [6, 6.07) is 17.5. The average Bonchev–Trinajstić information content (AvgIpc) is 2.84. The fourth-order valence-electron chi connectivity index (χ4n) is 3.04. The van der Waals surface area contributed by atoms with Crippen molar-refractivity contribution in [1.82, 2.24) is 4.98 Å². The van der Waals surface area contributed by atoms with E-state index in [1.54, 1.807) is 0 Å². The largest absolute Gasteiger partial charge is 0.491 e. The Hall–Kier alpha value is -2.78. The number of pyridine rings is 1. The van der Waals surface area contributed by atoms with Gasteiger partial charge < -0.3 is 29.4 Å². The first-order valence-electron chi connectivity index (χ1n) is 11.0. The first-order chi connectivity index (χ1) is 16.3. The summed E-state index contributed by atoms with van der Waals surface area (Å²) in [7, 11) is 0. The van der Waals surface area contributed by atoms with Crippen molar-refractivity contribution < 1.29 is 28.1 Å². The molecule has 1 heterocycles. The Bertz CT molecular complexity index is 955. The van der Waals surface area contributed by atoms with Gasteiger partial charge in [0.25, 0.3) is 0 Å². The van der Waals surface area contributed by atoms with Gasteiger partial charge in [-0.15, -0.1) is 0 Å². The van der Waals surface area contributed by atoms with Crippen molar-refractivity contribution in [3.05, 3.63) is 54.6 Å². The van der Waals surface area contributed by atoms with Crippen LogP contribution in [0.3, 0.4) is 0 Å². The number of ether oxygens (including phenoxy) is 5. The quantitative estimate of drug-likeness (QED) is 0.258. The smallest absolute Gasteiger partial charge is 0.120 e. The van der Waals surface area contributed by atoms with Crippen LogP contribution in [0, 0.1) is 0 Å². The maximum Gasteiger partial charge on any atom is 0.120 e. The predicted octanol–water partition coefficient (Wildman–Crippen LogP) is 3.90. The molecule has 33 heavy (non-hydrogen) atoms. The second kappa shape index (κ2) is 14.4. The van der Waals surface area contributed by atoms with Crippen LogP contribution >= 0.6 is 0 Å². The number of nitrogen functional groups attached to an aromatic ring is 1. The molecule has 8 heteroatoms. The molecule has 0 fully saturated rings.